The number of rotatable bonds is 7. The molecule has 0 aliphatic heterocycles. The predicted octanol–water partition coefficient (Wildman–Crippen LogP) is 4.00. The van der Waals surface area contributed by atoms with E-state index in [-0.39, 0.29) is 6.10 Å². The van der Waals surface area contributed by atoms with Gasteiger partial charge >= 0.3 is 0 Å². The highest BCUT2D eigenvalue weighted by Gasteiger charge is 2.09. The van der Waals surface area contributed by atoms with Crippen LogP contribution in [0.25, 0.3) is 0 Å². The van der Waals surface area contributed by atoms with Crippen molar-refractivity contribution in [2.75, 3.05) is 6.54 Å². The highest BCUT2D eigenvalue weighted by Crippen LogP contribution is 2.18. The Morgan fingerprint density at radius 3 is 2.74 bits per heavy atom. The molecule has 0 bridgehead atoms. The number of para-hydroxylation sites is 1. The molecule has 1 unspecified atom stereocenters. The van der Waals surface area contributed by atoms with Crippen molar-refractivity contribution in [3.8, 4) is 5.75 Å². The molecular formula is C16H21NOS. The van der Waals surface area contributed by atoms with Gasteiger partial charge in [-0.1, -0.05) is 31.2 Å². The summed E-state index contributed by atoms with van der Waals surface area (Å²) >= 11 is 1.79. The SMILES string of the molecule is CCC(CNCc1cccs1)Oc1ccccc1C. The van der Waals surface area contributed by atoms with Crippen molar-refractivity contribution in [1.82, 2.24) is 5.32 Å². The molecule has 1 N–H and O–H groups in total. The summed E-state index contributed by atoms with van der Waals surface area (Å²) < 4.78 is 6.05. The van der Waals surface area contributed by atoms with Crippen LogP contribution in [-0.4, -0.2) is 12.6 Å². The summed E-state index contributed by atoms with van der Waals surface area (Å²) in [5, 5.41) is 5.57. The summed E-state index contributed by atoms with van der Waals surface area (Å²) in [6.45, 7) is 6.05. The van der Waals surface area contributed by atoms with Crippen LogP contribution in [0.4, 0.5) is 0 Å². The average Bonchev–Trinajstić information content (AvgIpc) is 2.93. The fraction of sp³-hybridized carbons (Fsp3) is 0.375. The molecule has 0 spiro atoms. The molecule has 1 aromatic carbocycles. The van der Waals surface area contributed by atoms with Crippen LogP contribution in [0.3, 0.4) is 0 Å². The zero-order chi connectivity index (χ0) is 13.5. The molecule has 102 valence electrons. The Balaban J connectivity index is 1.82. The molecule has 2 aromatic rings. The van der Waals surface area contributed by atoms with Gasteiger partial charge in [0.05, 0.1) is 0 Å². The van der Waals surface area contributed by atoms with Gasteiger partial charge in [0, 0.05) is 18.0 Å². The summed E-state index contributed by atoms with van der Waals surface area (Å²) in [4.78, 5) is 1.37. The van der Waals surface area contributed by atoms with Crippen LogP contribution in [0.15, 0.2) is 41.8 Å². The van der Waals surface area contributed by atoms with E-state index < -0.39 is 0 Å². The van der Waals surface area contributed by atoms with Gasteiger partial charge in [0.2, 0.25) is 0 Å². The maximum Gasteiger partial charge on any atom is 0.122 e. The van der Waals surface area contributed by atoms with E-state index >= 15 is 0 Å². The van der Waals surface area contributed by atoms with Crippen molar-refractivity contribution in [2.45, 2.75) is 32.9 Å². The predicted molar refractivity (Wildman–Crippen MR) is 81.9 cm³/mol. The van der Waals surface area contributed by atoms with Crippen LogP contribution in [0.5, 0.6) is 5.75 Å². The quantitative estimate of drug-likeness (QED) is 0.824. The fourth-order valence-electron chi connectivity index (χ4n) is 1.91. The number of hydrogen-bond acceptors (Lipinski definition) is 3. The van der Waals surface area contributed by atoms with Crippen molar-refractivity contribution in [1.29, 1.82) is 0 Å². The Hall–Kier alpha value is -1.32. The molecule has 0 saturated carbocycles. The first-order valence-electron chi connectivity index (χ1n) is 6.75. The summed E-state index contributed by atoms with van der Waals surface area (Å²) in [7, 11) is 0. The maximum atomic E-state index is 6.05. The summed E-state index contributed by atoms with van der Waals surface area (Å²) in [5.74, 6) is 0.993. The van der Waals surface area contributed by atoms with Gasteiger partial charge in [-0.25, -0.2) is 0 Å². The van der Waals surface area contributed by atoms with Gasteiger partial charge in [-0.15, -0.1) is 11.3 Å². The third kappa shape index (κ3) is 4.37. The number of thiophene rings is 1. The van der Waals surface area contributed by atoms with E-state index in [9.17, 15) is 0 Å². The van der Waals surface area contributed by atoms with Crippen molar-refractivity contribution >= 4 is 11.3 Å². The molecule has 1 heterocycles. The first kappa shape index (κ1) is 14.1. The second-order valence-electron chi connectivity index (χ2n) is 4.62. The van der Waals surface area contributed by atoms with Gasteiger partial charge in [-0.3, -0.25) is 0 Å². The molecule has 0 saturated heterocycles. The third-order valence-electron chi connectivity index (χ3n) is 3.09. The smallest absolute Gasteiger partial charge is 0.122 e. The van der Waals surface area contributed by atoms with Crippen LogP contribution >= 0.6 is 11.3 Å². The van der Waals surface area contributed by atoms with E-state index in [0.717, 1.165) is 25.3 Å². The minimum absolute atomic E-state index is 0.223. The van der Waals surface area contributed by atoms with Crippen molar-refractivity contribution < 1.29 is 4.74 Å². The summed E-state index contributed by atoms with van der Waals surface area (Å²) in [6, 6.07) is 12.4. The highest BCUT2D eigenvalue weighted by atomic mass is 32.1. The Bertz CT molecular complexity index is 481. The van der Waals surface area contributed by atoms with Gasteiger partial charge in [-0.2, -0.15) is 0 Å². The maximum absolute atomic E-state index is 6.05. The fourth-order valence-corrected chi connectivity index (χ4v) is 2.58. The van der Waals surface area contributed by atoms with Crippen molar-refractivity contribution in [3.05, 3.63) is 52.2 Å². The molecule has 19 heavy (non-hydrogen) atoms. The third-order valence-corrected chi connectivity index (χ3v) is 3.97. The molecule has 0 fully saturated rings. The second-order valence-corrected chi connectivity index (χ2v) is 5.66. The molecule has 0 radical (unpaired) electrons. The van der Waals surface area contributed by atoms with Crippen LogP contribution < -0.4 is 10.1 Å². The topological polar surface area (TPSA) is 21.3 Å². The Morgan fingerprint density at radius 1 is 1.21 bits per heavy atom. The standard InChI is InChI=1S/C16H21NOS/c1-3-14(11-17-12-15-8-6-10-19-15)18-16-9-5-4-7-13(16)2/h4-10,14,17H,3,11-12H2,1-2H3. The van der Waals surface area contributed by atoms with Crippen LogP contribution in [0.2, 0.25) is 0 Å². The van der Waals surface area contributed by atoms with E-state index in [1.807, 2.05) is 18.2 Å². The summed E-state index contributed by atoms with van der Waals surface area (Å²) in [6.07, 6.45) is 1.23. The molecule has 2 nitrogen and oxygen atoms in total. The summed E-state index contributed by atoms with van der Waals surface area (Å²) in [5.41, 5.74) is 1.19. The van der Waals surface area contributed by atoms with E-state index in [4.69, 9.17) is 4.74 Å². The van der Waals surface area contributed by atoms with Gasteiger partial charge in [0.1, 0.15) is 11.9 Å². The van der Waals surface area contributed by atoms with Gasteiger partial charge in [0.15, 0.2) is 0 Å². The minimum atomic E-state index is 0.223. The van der Waals surface area contributed by atoms with E-state index in [2.05, 4.69) is 42.7 Å². The first-order valence-corrected chi connectivity index (χ1v) is 7.63. The molecular weight excluding hydrogens is 254 g/mol. The van der Waals surface area contributed by atoms with Crippen molar-refractivity contribution in [3.63, 3.8) is 0 Å². The van der Waals surface area contributed by atoms with Crippen LogP contribution in [-0.2, 0) is 6.54 Å². The van der Waals surface area contributed by atoms with Gasteiger partial charge < -0.3 is 10.1 Å². The zero-order valence-corrected chi connectivity index (χ0v) is 12.4. The zero-order valence-electron chi connectivity index (χ0n) is 11.6. The van der Waals surface area contributed by atoms with Crippen LogP contribution in [0, 0.1) is 6.92 Å². The molecule has 3 heteroatoms. The molecule has 2 rings (SSSR count). The number of aryl methyl sites for hydroxylation is 1. The van der Waals surface area contributed by atoms with E-state index in [1.54, 1.807) is 11.3 Å². The molecule has 1 aromatic heterocycles. The minimum Gasteiger partial charge on any atom is -0.489 e. The van der Waals surface area contributed by atoms with Gasteiger partial charge in [0.25, 0.3) is 0 Å². The highest BCUT2D eigenvalue weighted by molar-refractivity contribution is 7.09. The average molecular weight is 275 g/mol. The number of benzene rings is 1. The lowest BCUT2D eigenvalue weighted by molar-refractivity contribution is 0.192. The second kappa shape index (κ2) is 7.31. The number of hydrogen-bond donors (Lipinski definition) is 1. The Labute approximate surface area is 119 Å². The van der Waals surface area contributed by atoms with E-state index in [1.165, 1.54) is 10.4 Å². The lowest BCUT2D eigenvalue weighted by Gasteiger charge is -2.19. The molecule has 0 aliphatic carbocycles. The van der Waals surface area contributed by atoms with E-state index in [0.29, 0.717) is 0 Å². The molecule has 0 aliphatic rings. The Morgan fingerprint density at radius 2 is 2.05 bits per heavy atom. The normalized spacial score (nSPS) is 12.3. The lowest BCUT2D eigenvalue weighted by atomic mass is 10.2. The first-order chi connectivity index (χ1) is 9.29. The molecule has 1 atom stereocenters. The largest absolute Gasteiger partial charge is 0.489 e. The van der Waals surface area contributed by atoms with Crippen LogP contribution in [0.1, 0.15) is 23.8 Å². The monoisotopic (exact) mass is 275 g/mol. The van der Waals surface area contributed by atoms with Crippen molar-refractivity contribution in [2.24, 2.45) is 0 Å². The number of nitrogens with one attached hydrogen (secondary N) is 1. The Kier molecular flexibility index (Phi) is 5.43. The number of ether oxygens (including phenoxy) is 1. The van der Waals surface area contributed by atoms with Gasteiger partial charge in [-0.05, 0) is 36.4 Å². The molecule has 0 amide bonds. The lowest BCUT2D eigenvalue weighted by Crippen LogP contribution is -2.30.